The molecule has 0 saturated heterocycles. The summed E-state index contributed by atoms with van der Waals surface area (Å²) in [5.41, 5.74) is 1.98. The average molecular weight is 412 g/mol. The first kappa shape index (κ1) is 20.6. The van der Waals surface area contributed by atoms with Crippen molar-refractivity contribution in [3.8, 4) is 0 Å². The second kappa shape index (κ2) is 10.4. The SMILES string of the molecule is CC(C)C(NCC(=O)Nc1cccc(CSc2ccccn2)c1)c1cccs1. The number of pyridine rings is 1. The number of carbonyl (C=O) groups excluding carboxylic acids is 1. The molecule has 2 heterocycles. The lowest BCUT2D eigenvalue weighted by Gasteiger charge is -2.21. The van der Waals surface area contributed by atoms with Crippen LogP contribution < -0.4 is 10.6 Å². The molecule has 1 aromatic carbocycles. The van der Waals surface area contributed by atoms with Crippen LogP contribution in [0.2, 0.25) is 0 Å². The summed E-state index contributed by atoms with van der Waals surface area (Å²) in [4.78, 5) is 18.0. The van der Waals surface area contributed by atoms with Gasteiger partial charge in [0.1, 0.15) is 0 Å². The molecule has 3 rings (SSSR count). The van der Waals surface area contributed by atoms with Crippen LogP contribution in [0, 0.1) is 5.92 Å². The fourth-order valence-electron chi connectivity index (χ4n) is 2.87. The second-order valence-electron chi connectivity index (χ2n) is 6.82. The van der Waals surface area contributed by atoms with Gasteiger partial charge in [-0.15, -0.1) is 23.1 Å². The van der Waals surface area contributed by atoms with E-state index in [1.165, 1.54) is 4.88 Å². The van der Waals surface area contributed by atoms with Crippen molar-refractivity contribution >= 4 is 34.7 Å². The summed E-state index contributed by atoms with van der Waals surface area (Å²) in [5, 5.41) is 9.45. The van der Waals surface area contributed by atoms with Crippen LogP contribution in [0.1, 0.15) is 30.3 Å². The quantitative estimate of drug-likeness (QED) is 0.465. The van der Waals surface area contributed by atoms with Crippen molar-refractivity contribution in [1.82, 2.24) is 10.3 Å². The lowest BCUT2D eigenvalue weighted by atomic mass is 10.0. The predicted molar refractivity (Wildman–Crippen MR) is 119 cm³/mol. The Bertz CT molecular complexity index is 867. The molecule has 28 heavy (non-hydrogen) atoms. The van der Waals surface area contributed by atoms with Gasteiger partial charge in [-0.05, 0) is 47.2 Å². The van der Waals surface area contributed by atoms with E-state index in [-0.39, 0.29) is 18.5 Å². The number of anilines is 1. The number of nitrogens with one attached hydrogen (secondary N) is 2. The van der Waals surface area contributed by atoms with E-state index in [0.717, 1.165) is 22.0 Å². The molecule has 0 radical (unpaired) electrons. The van der Waals surface area contributed by atoms with E-state index in [0.29, 0.717) is 5.92 Å². The minimum Gasteiger partial charge on any atom is -0.325 e. The van der Waals surface area contributed by atoms with E-state index in [1.807, 2.05) is 42.5 Å². The molecule has 4 nitrogen and oxygen atoms in total. The predicted octanol–water partition coefficient (Wildman–Crippen LogP) is 5.36. The highest BCUT2D eigenvalue weighted by atomic mass is 32.2. The lowest BCUT2D eigenvalue weighted by Crippen LogP contribution is -2.33. The van der Waals surface area contributed by atoms with E-state index in [1.54, 1.807) is 29.3 Å². The van der Waals surface area contributed by atoms with Crippen LogP contribution in [0.25, 0.3) is 0 Å². The first-order chi connectivity index (χ1) is 13.6. The molecule has 0 bridgehead atoms. The van der Waals surface area contributed by atoms with Gasteiger partial charge >= 0.3 is 0 Å². The van der Waals surface area contributed by atoms with Gasteiger partial charge in [-0.2, -0.15) is 0 Å². The number of carbonyl (C=O) groups is 1. The van der Waals surface area contributed by atoms with Crippen LogP contribution in [0.5, 0.6) is 0 Å². The van der Waals surface area contributed by atoms with Gasteiger partial charge in [0.05, 0.1) is 11.6 Å². The molecule has 1 amide bonds. The van der Waals surface area contributed by atoms with Crippen LogP contribution in [-0.2, 0) is 10.5 Å². The van der Waals surface area contributed by atoms with Gasteiger partial charge in [-0.25, -0.2) is 4.98 Å². The van der Waals surface area contributed by atoms with Crippen molar-refractivity contribution in [2.45, 2.75) is 30.7 Å². The first-order valence-electron chi connectivity index (χ1n) is 9.31. The lowest BCUT2D eigenvalue weighted by molar-refractivity contribution is -0.115. The maximum Gasteiger partial charge on any atom is 0.238 e. The van der Waals surface area contributed by atoms with Crippen molar-refractivity contribution < 1.29 is 4.79 Å². The van der Waals surface area contributed by atoms with Crippen LogP contribution in [0.4, 0.5) is 5.69 Å². The van der Waals surface area contributed by atoms with Gasteiger partial charge in [-0.1, -0.05) is 38.1 Å². The Morgan fingerprint density at radius 3 is 2.75 bits per heavy atom. The largest absolute Gasteiger partial charge is 0.325 e. The molecule has 2 aromatic heterocycles. The zero-order valence-electron chi connectivity index (χ0n) is 16.1. The zero-order valence-corrected chi connectivity index (χ0v) is 17.7. The Labute approximate surface area is 174 Å². The molecule has 146 valence electrons. The van der Waals surface area contributed by atoms with E-state index in [4.69, 9.17) is 0 Å². The molecule has 6 heteroatoms. The van der Waals surface area contributed by atoms with Gasteiger partial charge in [0.2, 0.25) is 5.91 Å². The number of thiophene rings is 1. The summed E-state index contributed by atoms with van der Waals surface area (Å²) in [6.07, 6.45) is 1.80. The van der Waals surface area contributed by atoms with Gasteiger partial charge in [0.15, 0.2) is 0 Å². The summed E-state index contributed by atoms with van der Waals surface area (Å²) in [5.74, 6) is 1.20. The van der Waals surface area contributed by atoms with Crippen molar-refractivity contribution in [2.75, 3.05) is 11.9 Å². The van der Waals surface area contributed by atoms with Crippen LogP contribution in [0.3, 0.4) is 0 Å². The highest BCUT2D eigenvalue weighted by molar-refractivity contribution is 7.98. The van der Waals surface area contributed by atoms with Crippen LogP contribution in [-0.4, -0.2) is 17.4 Å². The molecular weight excluding hydrogens is 386 g/mol. The van der Waals surface area contributed by atoms with E-state index in [9.17, 15) is 4.79 Å². The second-order valence-corrected chi connectivity index (χ2v) is 8.80. The van der Waals surface area contributed by atoms with Crippen molar-refractivity contribution in [3.63, 3.8) is 0 Å². The fraction of sp³-hybridized carbons (Fsp3) is 0.273. The fourth-order valence-corrected chi connectivity index (χ4v) is 4.65. The van der Waals surface area contributed by atoms with Crippen molar-refractivity contribution in [2.24, 2.45) is 5.92 Å². The molecule has 3 aromatic rings. The number of nitrogens with zero attached hydrogens (tertiary/aromatic N) is 1. The molecule has 1 atom stereocenters. The minimum absolute atomic E-state index is 0.0308. The number of benzene rings is 1. The Morgan fingerprint density at radius 1 is 1.14 bits per heavy atom. The first-order valence-corrected chi connectivity index (χ1v) is 11.2. The van der Waals surface area contributed by atoms with Gasteiger partial charge in [-0.3, -0.25) is 4.79 Å². The molecule has 0 aliphatic heterocycles. The summed E-state index contributed by atoms with van der Waals surface area (Å²) in [7, 11) is 0. The summed E-state index contributed by atoms with van der Waals surface area (Å²) in [6, 6.07) is 18.2. The molecule has 0 fully saturated rings. The summed E-state index contributed by atoms with van der Waals surface area (Å²) < 4.78 is 0. The topological polar surface area (TPSA) is 54.0 Å². The zero-order chi connectivity index (χ0) is 19.8. The maximum atomic E-state index is 12.4. The van der Waals surface area contributed by atoms with E-state index >= 15 is 0 Å². The van der Waals surface area contributed by atoms with Gasteiger partial charge in [0, 0.05) is 28.6 Å². The standard InChI is InChI=1S/C22H25N3OS2/c1-16(2)22(19-9-6-12-27-19)24-14-20(26)25-18-8-5-7-17(13-18)15-28-21-10-3-4-11-23-21/h3-13,16,22,24H,14-15H2,1-2H3,(H,25,26). The third-order valence-corrected chi connectivity index (χ3v) is 6.20. The number of hydrogen-bond donors (Lipinski definition) is 2. The Morgan fingerprint density at radius 2 is 2.04 bits per heavy atom. The number of thioether (sulfide) groups is 1. The number of hydrogen-bond acceptors (Lipinski definition) is 5. The molecule has 1 unspecified atom stereocenters. The Hall–Kier alpha value is -2.15. The van der Waals surface area contributed by atoms with E-state index < -0.39 is 0 Å². The molecule has 0 aliphatic rings. The summed E-state index contributed by atoms with van der Waals surface area (Å²) in [6.45, 7) is 4.61. The molecular formula is C22H25N3OS2. The number of rotatable bonds is 9. The molecule has 0 aliphatic carbocycles. The smallest absolute Gasteiger partial charge is 0.238 e. The monoisotopic (exact) mass is 411 g/mol. The van der Waals surface area contributed by atoms with E-state index in [2.05, 4.69) is 47.0 Å². The highest BCUT2D eigenvalue weighted by Gasteiger charge is 2.17. The normalized spacial score (nSPS) is 12.1. The number of aromatic nitrogens is 1. The van der Waals surface area contributed by atoms with Crippen LogP contribution >= 0.6 is 23.1 Å². The highest BCUT2D eigenvalue weighted by Crippen LogP contribution is 2.25. The maximum absolute atomic E-state index is 12.4. The summed E-state index contributed by atoms with van der Waals surface area (Å²) >= 11 is 3.40. The van der Waals surface area contributed by atoms with Gasteiger partial charge < -0.3 is 10.6 Å². The third kappa shape index (κ3) is 6.19. The number of amides is 1. The molecule has 0 spiro atoms. The van der Waals surface area contributed by atoms with Crippen molar-refractivity contribution in [1.29, 1.82) is 0 Å². The van der Waals surface area contributed by atoms with Crippen molar-refractivity contribution in [3.05, 3.63) is 76.6 Å². The third-order valence-electron chi connectivity index (χ3n) is 4.23. The van der Waals surface area contributed by atoms with Gasteiger partial charge in [0.25, 0.3) is 0 Å². The Balaban J connectivity index is 1.52. The molecule has 0 saturated carbocycles. The van der Waals surface area contributed by atoms with Crippen LogP contribution in [0.15, 0.2) is 71.2 Å². The Kier molecular flexibility index (Phi) is 7.65. The minimum atomic E-state index is -0.0308. The average Bonchev–Trinajstić information content (AvgIpc) is 3.22. The molecule has 2 N–H and O–H groups in total.